The van der Waals surface area contributed by atoms with Gasteiger partial charge in [-0.1, -0.05) is 19.1 Å². The van der Waals surface area contributed by atoms with E-state index in [1.807, 2.05) is 6.92 Å². The molecule has 4 heteroatoms. The van der Waals surface area contributed by atoms with Gasteiger partial charge in [-0.3, -0.25) is 0 Å². The molecule has 1 aromatic carbocycles. The van der Waals surface area contributed by atoms with Crippen LogP contribution in [0, 0.1) is 5.82 Å². The van der Waals surface area contributed by atoms with Gasteiger partial charge in [-0.25, -0.2) is 9.18 Å². The SMILES string of the molecule is CCCOC(C)(C(=O)O)c1ccc(F)cc1. The van der Waals surface area contributed by atoms with Crippen molar-refractivity contribution in [2.75, 3.05) is 6.61 Å². The molecule has 0 aliphatic rings. The number of carboxylic acid groups (broad SMARTS) is 1. The van der Waals surface area contributed by atoms with Crippen LogP contribution in [0.3, 0.4) is 0 Å². The van der Waals surface area contributed by atoms with Gasteiger partial charge < -0.3 is 9.84 Å². The van der Waals surface area contributed by atoms with E-state index in [1.165, 1.54) is 31.2 Å². The van der Waals surface area contributed by atoms with Crippen molar-refractivity contribution < 1.29 is 19.0 Å². The minimum absolute atomic E-state index is 0.347. The molecule has 0 fully saturated rings. The lowest BCUT2D eigenvalue weighted by Gasteiger charge is -2.25. The van der Waals surface area contributed by atoms with Gasteiger partial charge in [0.2, 0.25) is 0 Å². The summed E-state index contributed by atoms with van der Waals surface area (Å²) in [5.74, 6) is -1.47. The van der Waals surface area contributed by atoms with Gasteiger partial charge in [-0.05, 0) is 31.0 Å². The van der Waals surface area contributed by atoms with Gasteiger partial charge in [0.25, 0.3) is 0 Å². The molecular weight excluding hydrogens is 211 g/mol. The van der Waals surface area contributed by atoms with E-state index in [0.29, 0.717) is 12.2 Å². The van der Waals surface area contributed by atoms with Gasteiger partial charge in [0.1, 0.15) is 5.82 Å². The first-order chi connectivity index (χ1) is 7.50. The van der Waals surface area contributed by atoms with Crippen LogP contribution in [-0.4, -0.2) is 17.7 Å². The third kappa shape index (κ3) is 2.58. The summed E-state index contributed by atoms with van der Waals surface area (Å²) in [5, 5.41) is 9.16. The third-order valence-electron chi connectivity index (χ3n) is 2.40. The van der Waals surface area contributed by atoms with E-state index in [1.54, 1.807) is 0 Å². The van der Waals surface area contributed by atoms with Crippen LogP contribution in [0.4, 0.5) is 4.39 Å². The van der Waals surface area contributed by atoms with Gasteiger partial charge in [0, 0.05) is 6.61 Å². The molecule has 0 aliphatic carbocycles. The van der Waals surface area contributed by atoms with Crippen LogP contribution in [0.25, 0.3) is 0 Å². The van der Waals surface area contributed by atoms with E-state index in [-0.39, 0.29) is 0 Å². The maximum atomic E-state index is 12.7. The number of carboxylic acids is 1. The quantitative estimate of drug-likeness (QED) is 0.839. The fourth-order valence-corrected chi connectivity index (χ4v) is 1.34. The summed E-state index contributed by atoms with van der Waals surface area (Å²) in [6.45, 7) is 3.71. The lowest BCUT2D eigenvalue weighted by molar-refractivity contribution is -0.165. The first-order valence-electron chi connectivity index (χ1n) is 5.14. The molecule has 1 unspecified atom stereocenters. The molecule has 0 bridgehead atoms. The Kier molecular flexibility index (Phi) is 4.01. The van der Waals surface area contributed by atoms with Crippen LogP contribution in [0.5, 0.6) is 0 Å². The molecule has 1 N–H and O–H groups in total. The molecule has 0 aromatic heterocycles. The minimum Gasteiger partial charge on any atom is -0.479 e. The second-order valence-electron chi connectivity index (χ2n) is 3.69. The summed E-state index contributed by atoms with van der Waals surface area (Å²) in [4.78, 5) is 11.2. The molecule has 88 valence electrons. The average molecular weight is 226 g/mol. The summed E-state index contributed by atoms with van der Waals surface area (Å²) in [6, 6.07) is 5.32. The highest BCUT2D eigenvalue weighted by Crippen LogP contribution is 2.26. The Bertz CT molecular complexity index is 361. The zero-order valence-corrected chi connectivity index (χ0v) is 9.37. The monoisotopic (exact) mass is 226 g/mol. The van der Waals surface area contributed by atoms with Crippen LogP contribution in [-0.2, 0) is 15.1 Å². The molecule has 0 saturated heterocycles. The molecule has 0 heterocycles. The summed E-state index contributed by atoms with van der Waals surface area (Å²) in [5.41, 5.74) is -0.973. The predicted molar refractivity (Wildman–Crippen MR) is 57.6 cm³/mol. The molecule has 0 radical (unpaired) electrons. The van der Waals surface area contributed by atoms with Crippen LogP contribution in [0.1, 0.15) is 25.8 Å². The van der Waals surface area contributed by atoms with E-state index in [2.05, 4.69) is 0 Å². The normalized spacial score (nSPS) is 14.4. The van der Waals surface area contributed by atoms with Crippen LogP contribution in [0.2, 0.25) is 0 Å². The number of hydrogen-bond donors (Lipinski definition) is 1. The maximum Gasteiger partial charge on any atom is 0.340 e. The van der Waals surface area contributed by atoms with Crippen LogP contribution >= 0.6 is 0 Å². The zero-order chi connectivity index (χ0) is 12.2. The predicted octanol–water partition coefficient (Wildman–Crippen LogP) is 2.55. The van der Waals surface area contributed by atoms with E-state index in [9.17, 15) is 9.18 Å². The number of halogens is 1. The van der Waals surface area contributed by atoms with Crippen molar-refractivity contribution in [2.24, 2.45) is 0 Å². The Hall–Kier alpha value is -1.42. The van der Waals surface area contributed by atoms with Crippen molar-refractivity contribution in [1.82, 2.24) is 0 Å². The maximum absolute atomic E-state index is 12.7. The molecule has 0 aliphatic heterocycles. The van der Waals surface area contributed by atoms with Crippen molar-refractivity contribution in [1.29, 1.82) is 0 Å². The molecule has 1 rings (SSSR count). The van der Waals surface area contributed by atoms with E-state index < -0.39 is 17.4 Å². The van der Waals surface area contributed by atoms with Gasteiger partial charge in [0.05, 0.1) is 0 Å². The van der Waals surface area contributed by atoms with Gasteiger partial charge in [-0.15, -0.1) is 0 Å². The average Bonchev–Trinajstić information content (AvgIpc) is 2.26. The molecule has 0 amide bonds. The Morgan fingerprint density at radius 1 is 1.44 bits per heavy atom. The Labute approximate surface area is 93.9 Å². The van der Waals surface area contributed by atoms with Crippen molar-refractivity contribution >= 4 is 5.97 Å². The first-order valence-corrected chi connectivity index (χ1v) is 5.14. The van der Waals surface area contributed by atoms with Crippen LogP contribution in [0.15, 0.2) is 24.3 Å². The number of rotatable bonds is 5. The molecule has 1 aromatic rings. The Morgan fingerprint density at radius 2 is 2.00 bits per heavy atom. The lowest BCUT2D eigenvalue weighted by Crippen LogP contribution is -2.35. The summed E-state index contributed by atoms with van der Waals surface area (Å²) in [7, 11) is 0. The van der Waals surface area contributed by atoms with E-state index in [0.717, 1.165) is 6.42 Å². The third-order valence-corrected chi connectivity index (χ3v) is 2.40. The Balaban J connectivity index is 3.01. The van der Waals surface area contributed by atoms with Crippen molar-refractivity contribution in [3.8, 4) is 0 Å². The van der Waals surface area contributed by atoms with Crippen LogP contribution < -0.4 is 0 Å². The molecule has 16 heavy (non-hydrogen) atoms. The summed E-state index contributed by atoms with van der Waals surface area (Å²) >= 11 is 0. The number of hydrogen-bond acceptors (Lipinski definition) is 2. The molecule has 1 atom stereocenters. The molecule has 0 spiro atoms. The molecule has 0 saturated carbocycles. The van der Waals surface area contributed by atoms with Gasteiger partial charge >= 0.3 is 5.97 Å². The van der Waals surface area contributed by atoms with Crippen molar-refractivity contribution in [3.63, 3.8) is 0 Å². The Morgan fingerprint density at radius 3 is 2.44 bits per heavy atom. The standard InChI is InChI=1S/C12H15FO3/c1-3-8-16-12(2,11(14)15)9-4-6-10(13)7-5-9/h4-7H,3,8H2,1-2H3,(H,14,15). The minimum atomic E-state index is -1.41. The fraction of sp³-hybridized carbons (Fsp3) is 0.417. The van der Waals surface area contributed by atoms with Crippen molar-refractivity contribution in [3.05, 3.63) is 35.6 Å². The smallest absolute Gasteiger partial charge is 0.340 e. The van der Waals surface area contributed by atoms with Crippen molar-refractivity contribution in [2.45, 2.75) is 25.9 Å². The zero-order valence-electron chi connectivity index (χ0n) is 9.37. The highest BCUT2D eigenvalue weighted by atomic mass is 19.1. The van der Waals surface area contributed by atoms with E-state index in [4.69, 9.17) is 9.84 Å². The lowest BCUT2D eigenvalue weighted by atomic mass is 9.96. The number of carbonyl (C=O) groups is 1. The highest BCUT2D eigenvalue weighted by Gasteiger charge is 2.36. The topological polar surface area (TPSA) is 46.5 Å². The number of ether oxygens (including phenoxy) is 1. The first kappa shape index (κ1) is 12.6. The summed E-state index contributed by atoms with van der Waals surface area (Å²) in [6.07, 6.45) is 0.726. The fourth-order valence-electron chi connectivity index (χ4n) is 1.34. The molecule has 3 nitrogen and oxygen atoms in total. The summed E-state index contributed by atoms with van der Waals surface area (Å²) < 4.78 is 18.1. The highest BCUT2D eigenvalue weighted by molar-refractivity contribution is 5.78. The van der Waals surface area contributed by atoms with Gasteiger partial charge in [-0.2, -0.15) is 0 Å². The van der Waals surface area contributed by atoms with E-state index >= 15 is 0 Å². The largest absolute Gasteiger partial charge is 0.479 e. The second-order valence-corrected chi connectivity index (χ2v) is 3.69. The number of aliphatic carboxylic acids is 1. The second kappa shape index (κ2) is 5.07. The molecular formula is C12H15FO3. The number of benzene rings is 1. The van der Waals surface area contributed by atoms with Gasteiger partial charge in [0.15, 0.2) is 5.60 Å².